The van der Waals surface area contributed by atoms with Crippen LogP contribution in [0.15, 0.2) is 12.4 Å². The van der Waals surface area contributed by atoms with E-state index in [1.54, 1.807) is 0 Å². The average molecular weight is 391 g/mol. The molecule has 0 aromatic carbocycles. The highest BCUT2D eigenvalue weighted by Gasteiger charge is 2.48. The van der Waals surface area contributed by atoms with Gasteiger partial charge in [0.1, 0.15) is 5.82 Å². The normalized spacial score (nSPS) is 27.1. The molecule has 1 atom stereocenters. The number of nitrogens with zero attached hydrogens (tertiary/aromatic N) is 3. The molecule has 7 heteroatoms. The molecule has 1 saturated carbocycles. The first kappa shape index (κ1) is 19.9. The molecule has 4 rings (SSSR count). The zero-order chi connectivity index (χ0) is 19.6. The maximum Gasteiger partial charge on any atom is 0.228 e. The topological polar surface area (TPSA) is 79.6 Å². The number of aromatic nitrogens is 2. The lowest BCUT2D eigenvalue weighted by atomic mass is 9.73. The van der Waals surface area contributed by atoms with Gasteiger partial charge in [0, 0.05) is 38.7 Å². The number of hydrogen-bond acceptors (Lipinski definition) is 5. The molecule has 28 heavy (non-hydrogen) atoms. The summed E-state index contributed by atoms with van der Waals surface area (Å²) in [5.74, 6) is 1.15. The molecule has 1 aromatic heterocycles. The van der Waals surface area contributed by atoms with Gasteiger partial charge in [-0.15, -0.1) is 0 Å². The Kier molecular flexibility index (Phi) is 5.76. The highest BCUT2D eigenvalue weighted by Crippen LogP contribution is 2.47. The van der Waals surface area contributed by atoms with Crippen molar-refractivity contribution in [3.8, 4) is 0 Å². The molecule has 3 heterocycles. The van der Waals surface area contributed by atoms with Crippen molar-refractivity contribution < 1.29 is 14.6 Å². The average Bonchev–Trinajstić information content (AvgIpc) is 3.30. The van der Waals surface area contributed by atoms with Crippen LogP contribution in [0.1, 0.15) is 50.8 Å². The number of amides is 1. The van der Waals surface area contributed by atoms with Gasteiger partial charge in [-0.1, -0.05) is 6.42 Å². The lowest BCUT2D eigenvalue weighted by Gasteiger charge is -2.44. The van der Waals surface area contributed by atoms with Crippen molar-refractivity contribution >= 4 is 5.91 Å². The number of aliphatic hydroxyl groups is 1. The van der Waals surface area contributed by atoms with Crippen LogP contribution in [0.25, 0.3) is 0 Å². The highest BCUT2D eigenvalue weighted by atomic mass is 16.5. The maximum absolute atomic E-state index is 13.1. The number of imidazole rings is 1. The third-order valence-corrected chi connectivity index (χ3v) is 7.58. The number of nitrogens with one attached hydrogen (secondary N) is 1. The van der Waals surface area contributed by atoms with E-state index in [1.165, 1.54) is 12.8 Å². The lowest BCUT2D eigenvalue weighted by molar-refractivity contribution is -0.142. The van der Waals surface area contributed by atoms with E-state index in [4.69, 9.17) is 4.74 Å². The Morgan fingerprint density at radius 2 is 2.04 bits per heavy atom. The monoisotopic (exact) mass is 390 g/mol. The zero-order valence-corrected chi connectivity index (χ0v) is 17.0. The summed E-state index contributed by atoms with van der Waals surface area (Å²) in [6, 6.07) is 0.238. The van der Waals surface area contributed by atoms with Gasteiger partial charge < -0.3 is 19.7 Å². The molecule has 1 amide bonds. The molecule has 2 saturated heterocycles. The van der Waals surface area contributed by atoms with Gasteiger partial charge in [0.2, 0.25) is 5.91 Å². The Morgan fingerprint density at radius 3 is 2.68 bits per heavy atom. The van der Waals surface area contributed by atoms with Gasteiger partial charge in [-0.05, 0) is 57.0 Å². The van der Waals surface area contributed by atoms with Crippen LogP contribution in [0.5, 0.6) is 0 Å². The van der Waals surface area contributed by atoms with Crippen LogP contribution in [0.3, 0.4) is 0 Å². The number of likely N-dealkylation sites (tertiary alicyclic amines) is 1. The molecule has 1 spiro atoms. The molecule has 0 radical (unpaired) electrons. The quantitative estimate of drug-likeness (QED) is 0.796. The Labute approximate surface area is 167 Å². The van der Waals surface area contributed by atoms with Crippen LogP contribution < -0.4 is 5.32 Å². The van der Waals surface area contributed by atoms with Gasteiger partial charge in [-0.25, -0.2) is 4.98 Å². The van der Waals surface area contributed by atoms with Crippen LogP contribution in [0, 0.1) is 10.8 Å². The number of piperidine rings is 1. The van der Waals surface area contributed by atoms with E-state index < -0.39 is 5.41 Å². The number of carbonyl (C=O) groups excluding carboxylic acids is 1. The van der Waals surface area contributed by atoms with E-state index in [1.807, 2.05) is 19.4 Å². The third-order valence-electron chi connectivity index (χ3n) is 7.58. The van der Waals surface area contributed by atoms with Crippen molar-refractivity contribution in [2.45, 2.75) is 57.5 Å². The SMILES string of the molecule is Cn1ccnc1CN1CCC2(CCCC2NC(=O)C2(CO)CCOCC2)CC1. The zero-order valence-electron chi connectivity index (χ0n) is 17.0. The fraction of sp³-hybridized carbons (Fsp3) is 0.810. The van der Waals surface area contributed by atoms with E-state index in [0.717, 1.165) is 44.7 Å². The highest BCUT2D eigenvalue weighted by molar-refractivity contribution is 5.83. The molecule has 0 bridgehead atoms. The Balaban J connectivity index is 1.37. The second-order valence-corrected chi connectivity index (χ2v) is 9.06. The second kappa shape index (κ2) is 8.13. The van der Waals surface area contributed by atoms with Gasteiger partial charge in [0.25, 0.3) is 0 Å². The third kappa shape index (κ3) is 3.72. The van der Waals surface area contributed by atoms with Crippen LogP contribution >= 0.6 is 0 Å². The fourth-order valence-corrected chi connectivity index (χ4v) is 5.40. The predicted octanol–water partition coefficient (Wildman–Crippen LogP) is 1.46. The second-order valence-electron chi connectivity index (χ2n) is 9.06. The van der Waals surface area contributed by atoms with Crippen LogP contribution in [-0.4, -0.2) is 64.4 Å². The van der Waals surface area contributed by atoms with Crippen LogP contribution in [0.4, 0.5) is 0 Å². The Bertz CT molecular complexity index is 675. The molecule has 7 nitrogen and oxygen atoms in total. The van der Waals surface area contributed by atoms with Gasteiger partial charge in [-0.3, -0.25) is 9.69 Å². The number of aliphatic hydroxyl groups excluding tert-OH is 1. The number of aryl methyl sites for hydroxylation is 1. The minimum atomic E-state index is -0.652. The molecule has 1 unspecified atom stereocenters. The summed E-state index contributed by atoms with van der Waals surface area (Å²) in [5.41, 5.74) is -0.434. The molecule has 2 N–H and O–H groups in total. The van der Waals surface area contributed by atoms with E-state index in [2.05, 4.69) is 19.8 Å². The summed E-state index contributed by atoms with van der Waals surface area (Å²) in [4.78, 5) is 20.0. The summed E-state index contributed by atoms with van der Waals surface area (Å²) in [6.45, 7) is 4.04. The molecule has 1 aliphatic carbocycles. The van der Waals surface area contributed by atoms with E-state index in [-0.39, 0.29) is 24.0 Å². The number of carbonyl (C=O) groups is 1. The molecule has 2 aliphatic heterocycles. The van der Waals surface area contributed by atoms with Crippen molar-refractivity contribution in [3.63, 3.8) is 0 Å². The van der Waals surface area contributed by atoms with Gasteiger partial charge in [0.15, 0.2) is 0 Å². The number of ether oxygens (including phenoxy) is 1. The maximum atomic E-state index is 13.1. The summed E-state index contributed by atoms with van der Waals surface area (Å²) < 4.78 is 7.50. The van der Waals surface area contributed by atoms with Gasteiger partial charge >= 0.3 is 0 Å². The van der Waals surface area contributed by atoms with Crippen molar-refractivity contribution in [3.05, 3.63) is 18.2 Å². The molecule has 156 valence electrons. The predicted molar refractivity (Wildman–Crippen MR) is 106 cm³/mol. The standard InChI is InChI=1S/C21H34N4O3/c1-24-12-9-22-18(24)15-25-10-5-20(6-11-25)4-2-3-17(20)23-19(27)21(16-26)7-13-28-14-8-21/h9,12,17,26H,2-8,10-11,13-16H2,1H3,(H,23,27). The van der Waals surface area contributed by atoms with Crippen molar-refractivity contribution in [2.75, 3.05) is 32.9 Å². The van der Waals surface area contributed by atoms with Crippen LogP contribution in [0.2, 0.25) is 0 Å². The smallest absolute Gasteiger partial charge is 0.228 e. The largest absolute Gasteiger partial charge is 0.395 e. The summed E-state index contributed by atoms with van der Waals surface area (Å²) in [6.07, 6.45) is 10.8. The van der Waals surface area contributed by atoms with E-state index in [9.17, 15) is 9.90 Å². The van der Waals surface area contributed by atoms with Crippen molar-refractivity contribution in [1.82, 2.24) is 19.8 Å². The fourth-order valence-electron chi connectivity index (χ4n) is 5.40. The first-order valence-corrected chi connectivity index (χ1v) is 10.8. The van der Waals surface area contributed by atoms with E-state index >= 15 is 0 Å². The minimum absolute atomic E-state index is 0.0417. The van der Waals surface area contributed by atoms with E-state index in [0.29, 0.717) is 26.1 Å². The molecule has 1 aromatic rings. The number of hydrogen-bond donors (Lipinski definition) is 2. The van der Waals surface area contributed by atoms with Gasteiger partial charge in [0.05, 0.1) is 18.6 Å². The Hall–Kier alpha value is -1.44. The molecule has 3 fully saturated rings. The van der Waals surface area contributed by atoms with Crippen molar-refractivity contribution in [2.24, 2.45) is 17.9 Å². The molecular formula is C21H34N4O3. The summed E-state index contributed by atoms with van der Waals surface area (Å²) >= 11 is 0. The van der Waals surface area contributed by atoms with Gasteiger partial charge in [-0.2, -0.15) is 0 Å². The first-order chi connectivity index (χ1) is 13.6. The molecule has 3 aliphatic rings. The Morgan fingerprint density at radius 1 is 1.29 bits per heavy atom. The lowest BCUT2D eigenvalue weighted by Crippen LogP contribution is -2.55. The van der Waals surface area contributed by atoms with Crippen LogP contribution in [-0.2, 0) is 23.1 Å². The van der Waals surface area contributed by atoms with Crippen molar-refractivity contribution in [1.29, 1.82) is 0 Å². The number of rotatable bonds is 5. The summed E-state index contributed by atoms with van der Waals surface area (Å²) in [7, 11) is 2.05. The molecular weight excluding hydrogens is 356 g/mol. The minimum Gasteiger partial charge on any atom is -0.395 e. The summed E-state index contributed by atoms with van der Waals surface area (Å²) in [5, 5.41) is 13.3. The first-order valence-electron chi connectivity index (χ1n) is 10.8.